The number of aromatic nitrogens is 1. The van der Waals surface area contributed by atoms with Gasteiger partial charge in [0, 0.05) is 32.0 Å². The third kappa shape index (κ3) is 9.54. The minimum Gasteiger partial charge on any atom is -0.395 e. The van der Waals surface area contributed by atoms with Crippen LogP contribution in [-0.2, 0) is 0 Å². The predicted octanol–water partition coefficient (Wildman–Crippen LogP) is -0.653. The molecular formula is C11H20N2O3. The minimum absolute atomic E-state index is 0.0694. The molecule has 0 fully saturated rings. The first-order valence-electron chi connectivity index (χ1n) is 5.25. The average Bonchev–Trinajstić information content (AvgIpc) is 2.33. The van der Waals surface area contributed by atoms with E-state index in [-0.39, 0.29) is 19.8 Å². The van der Waals surface area contributed by atoms with Gasteiger partial charge in [-0.3, -0.25) is 9.88 Å². The number of aliphatic hydroxyl groups excluding tert-OH is 3. The average molecular weight is 228 g/mol. The summed E-state index contributed by atoms with van der Waals surface area (Å²) in [6.07, 6.45) is 3.50. The molecule has 92 valence electrons. The molecule has 16 heavy (non-hydrogen) atoms. The molecule has 0 saturated heterocycles. The van der Waals surface area contributed by atoms with E-state index in [9.17, 15) is 0 Å². The number of hydrogen-bond donors (Lipinski definition) is 3. The van der Waals surface area contributed by atoms with E-state index in [0.717, 1.165) is 0 Å². The smallest absolute Gasteiger partial charge is 0.0558 e. The summed E-state index contributed by atoms with van der Waals surface area (Å²) >= 11 is 0. The molecule has 1 aromatic rings. The molecule has 0 aliphatic heterocycles. The highest BCUT2D eigenvalue weighted by Crippen LogP contribution is 1.84. The lowest BCUT2D eigenvalue weighted by atomic mass is 10.4. The highest BCUT2D eigenvalue weighted by atomic mass is 16.3. The van der Waals surface area contributed by atoms with Crippen LogP contribution in [0.15, 0.2) is 30.6 Å². The molecule has 5 nitrogen and oxygen atoms in total. The molecule has 0 spiro atoms. The molecule has 0 radical (unpaired) electrons. The topological polar surface area (TPSA) is 76.8 Å². The van der Waals surface area contributed by atoms with E-state index >= 15 is 0 Å². The maximum absolute atomic E-state index is 8.48. The second-order valence-corrected chi connectivity index (χ2v) is 3.04. The van der Waals surface area contributed by atoms with E-state index in [2.05, 4.69) is 4.98 Å². The van der Waals surface area contributed by atoms with Crippen LogP contribution in [0.2, 0.25) is 0 Å². The van der Waals surface area contributed by atoms with E-state index in [1.54, 1.807) is 17.3 Å². The standard InChI is InChI=1S/C6H15NO3.C5H5N/c8-4-1-7(2-5-9)3-6-10;1-2-4-6-5-3-1/h8-10H,1-6H2;1-5H. The fourth-order valence-corrected chi connectivity index (χ4v) is 1.07. The first-order chi connectivity index (χ1) is 7.85. The number of rotatable bonds is 6. The van der Waals surface area contributed by atoms with Gasteiger partial charge in [0.05, 0.1) is 19.8 Å². The monoisotopic (exact) mass is 228 g/mol. The molecule has 0 unspecified atom stereocenters. The molecule has 1 aromatic heterocycles. The minimum atomic E-state index is 0.0694. The zero-order valence-electron chi connectivity index (χ0n) is 9.37. The maximum Gasteiger partial charge on any atom is 0.0558 e. The summed E-state index contributed by atoms with van der Waals surface area (Å²) < 4.78 is 0. The first kappa shape index (κ1) is 15.0. The van der Waals surface area contributed by atoms with Crippen molar-refractivity contribution in [1.29, 1.82) is 0 Å². The molecular weight excluding hydrogens is 208 g/mol. The summed E-state index contributed by atoms with van der Waals surface area (Å²) in [7, 11) is 0. The fourth-order valence-electron chi connectivity index (χ4n) is 1.07. The summed E-state index contributed by atoms with van der Waals surface area (Å²) in [6.45, 7) is 1.75. The van der Waals surface area contributed by atoms with Crippen LogP contribution >= 0.6 is 0 Å². The molecule has 0 aromatic carbocycles. The van der Waals surface area contributed by atoms with Crippen LogP contribution < -0.4 is 0 Å². The molecule has 0 aliphatic carbocycles. The summed E-state index contributed by atoms with van der Waals surface area (Å²) in [5.41, 5.74) is 0. The third-order valence-corrected chi connectivity index (χ3v) is 1.82. The van der Waals surface area contributed by atoms with E-state index in [1.165, 1.54) is 0 Å². The Hall–Kier alpha value is -1.01. The lowest BCUT2D eigenvalue weighted by molar-refractivity contribution is 0.136. The van der Waals surface area contributed by atoms with Crippen molar-refractivity contribution >= 4 is 0 Å². The Kier molecular flexibility index (Phi) is 11.3. The van der Waals surface area contributed by atoms with Crippen molar-refractivity contribution < 1.29 is 15.3 Å². The molecule has 0 atom stereocenters. The zero-order chi connectivity index (χ0) is 12.1. The van der Waals surface area contributed by atoms with Crippen molar-refractivity contribution in [2.24, 2.45) is 0 Å². The Morgan fingerprint density at radius 3 is 1.38 bits per heavy atom. The lowest BCUT2D eigenvalue weighted by Gasteiger charge is -2.17. The van der Waals surface area contributed by atoms with Gasteiger partial charge in [-0.1, -0.05) is 6.07 Å². The summed E-state index contributed by atoms with van der Waals surface area (Å²) in [5.74, 6) is 0. The number of nitrogens with zero attached hydrogens (tertiary/aromatic N) is 2. The normalized spacial score (nSPS) is 9.75. The van der Waals surface area contributed by atoms with Gasteiger partial charge in [-0.15, -0.1) is 0 Å². The molecule has 5 heteroatoms. The summed E-state index contributed by atoms with van der Waals surface area (Å²) in [6, 6.07) is 5.72. The molecule has 1 heterocycles. The molecule has 0 aliphatic rings. The Labute approximate surface area is 96.0 Å². The van der Waals surface area contributed by atoms with Crippen LogP contribution in [0.25, 0.3) is 0 Å². The van der Waals surface area contributed by atoms with Gasteiger partial charge < -0.3 is 15.3 Å². The Balaban J connectivity index is 0.000000315. The number of pyridine rings is 1. The van der Waals surface area contributed by atoms with E-state index in [1.807, 2.05) is 18.2 Å². The van der Waals surface area contributed by atoms with Gasteiger partial charge in [0.25, 0.3) is 0 Å². The summed E-state index contributed by atoms with van der Waals surface area (Å²) in [5, 5.41) is 25.5. The van der Waals surface area contributed by atoms with Crippen molar-refractivity contribution in [2.45, 2.75) is 0 Å². The van der Waals surface area contributed by atoms with Crippen molar-refractivity contribution in [3.63, 3.8) is 0 Å². The second-order valence-electron chi connectivity index (χ2n) is 3.04. The highest BCUT2D eigenvalue weighted by Gasteiger charge is 2.00. The fraction of sp³-hybridized carbons (Fsp3) is 0.545. The molecule has 0 amide bonds. The van der Waals surface area contributed by atoms with Crippen LogP contribution in [0.5, 0.6) is 0 Å². The van der Waals surface area contributed by atoms with Crippen LogP contribution in [-0.4, -0.2) is 64.7 Å². The van der Waals surface area contributed by atoms with Gasteiger partial charge in [-0.25, -0.2) is 0 Å². The van der Waals surface area contributed by atoms with Crippen LogP contribution in [0, 0.1) is 0 Å². The van der Waals surface area contributed by atoms with Crippen molar-refractivity contribution in [1.82, 2.24) is 9.88 Å². The molecule has 0 bridgehead atoms. The first-order valence-corrected chi connectivity index (χ1v) is 5.25. The van der Waals surface area contributed by atoms with Crippen LogP contribution in [0.1, 0.15) is 0 Å². The highest BCUT2D eigenvalue weighted by molar-refractivity contribution is 4.88. The Morgan fingerprint density at radius 2 is 1.19 bits per heavy atom. The molecule has 1 rings (SSSR count). The molecule has 0 saturated carbocycles. The van der Waals surface area contributed by atoms with Crippen LogP contribution in [0.3, 0.4) is 0 Å². The second kappa shape index (κ2) is 12.1. The van der Waals surface area contributed by atoms with Crippen molar-refractivity contribution in [3.8, 4) is 0 Å². The Bertz CT molecular complexity index is 181. The van der Waals surface area contributed by atoms with Gasteiger partial charge in [0.15, 0.2) is 0 Å². The van der Waals surface area contributed by atoms with Gasteiger partial charge in [0.1, 0.15) is 0 Å². The van der Waals surface area contributed by atoms with Gasteiger partial charge in [-0.05, 0) is 12.1 Å². The predicted molar refractivity (Wildman–Crippen MR) is 61.9 cm³/mol. The summed E-state index contributed by atoms with van der Waals surface area (Å²) in [4.78, 5) is 5.58. The van der Waals surface area contributed by atoms with E-state index < -0.39 is 0 Å². The van der Waals surface area contributed by atoms with Crippen molar-refractivity contribution in [2.75, 3.05) is 39.5 Å². The zero-order valence-corrected chi connectivity index (χ0v) is 9.37. The maximum atomic E-state index is 8.48. The van der Waals surface area contributed by atoms with Gasteiger partial charge in [0.2, 0.25) is 0 Å². The SMILES string of the molecule is OCCN(CCO)CCO.c1ccncc1. The van der Waals surface area contributed by atoms with Crippen LogP contribution in [0.4, 0.5) is 0 Å². The lowest BCUT2D eigenvalue weighted by Crippen LogP contribution is -2.32. The van der Waals surface area contributed by atoms with Gasteiger partial charge in [-0.2, -0.15) is 0 Å². The Morgan fingerprint density at radius 1 is 0.750 bits per heavy atom. The number of hydrogen-bond acceptors (Lipinski definition) is 5. The van der Waals surface area contributed by atoms with Gasteiger partial charge >= 0.3 is 0 Å². The van der Waals surface area contributed by atoms with Crippen molar-refractivity contribution in [3.05, 3.63) is 30.6 Å². The largest absolute Gasteiger partial charge is 0.395 e. The number of aliphatic hydroxyl groups is 3. The molecule has 3 N–H and O–H groups in total. The van der Waals surface area contributed by atoms with E-state index in [4.69, 9.17) is 15.3 Å². The van der Waals surface area contributed by atoms with E-state index in [0.29, 0.717) is 19.6 Å². The third-order valence-electron chi connectivity index (χ3n) is 1.82. The quantitative estimate of drug-likeness (QED) is 0.603.